The van der Waals surface area contributed by atoms with Gasteiger partial charge in [-0.25, -0.2) is 18.1 Å². The van der Waals surface area contributed by atoms with E-state index in [1.807, 2.05) is 6.92 Å². The van der Waals surface area contributed by atoms with E-state index >= 15 is 0 Å². The van der Waals surface area contributed by atoms with Crippen molar-refractivity contribution in [3.8, 4) is 0 Å². The van der Waals surface area contributed by atoms with Crippen LogP contribution < -0.4 is 10.0 Å². The number of hydrogen-bond donors (Lipinski definition) is 2. The standard InChI is InChI=1S/C12H21N3O3S/c1-3-13-12-11(7-6-8-14-12)19(16,17)15-9-4-5-10-18-2/h6-8,15H,3-5,9-10H2,1-2H3,(H,13,14). The summed E-state index contributed by atoms with van der Waals surface area (Å²) >= 11 is 0. The Balaban J connectivity index is 2.66. The van der Waals surface area contributed by atoms with E-state index in [0.29, 0.717) is 25.5 Å². The topological polar surface area (TPSA) is 80.3 Å². The molecule has 6 nitrogen and oxygen atoms in total. The molecule has 0 amide bonds. The first kappa shape index (κ1) is 15.9. The van der Waals surface area contributed by atoms with Gasteiger partial charge in [0.1, 0.15) is 10.7 Å². The number of methoxy groups -OCH3 is 1. The average molecular weight is 287 g/mol. The predicted octanol–water partition coefficient (Wildman–Crippen LogP) is 1.22. The third kappa shape index (κ3) is 5.14. The zero-order valence-corrected chi connectivity index (χ0v) is 12.2. The van der Waals surface area contributed by atoms with Crippen molar-refractivity contribution in [3.63, 3.8) is 0 Å². The number of unbranched alkanes of at least 4 members (excludes halogenated alkanes) is 1. The molecule has 0 aromatic carbocycles. The predicted molar refractivity (Wildman–Crippen MR) is 74.7 cm³/mol. The number of nitrogens with zero attached hydrogens (tertiary/aromatic N) is 1. The van der Waals surface area contributed by atoms with Gasteiger partial charge in [0.15, 0.2) is 0 Å². The van der Waals surface area contributed by atoms with Gasteiger partial charge in [-0.3, -0.25) is 0 Å². The lowest BCUT2D eigenvalue weighted by Gasteiger charge is -2.11. The molecule has 0 atom stereocenters. The maximum absolute atomic E-state index is 12.1. The maximum atomic E-state index is 12.1. The summed E-state index contributed by atoms with van der Waals surface area (Å²) in [7, 11) is -1.89. The Labute approximate surface area is 114 Å². The molecular weight excluding hydrogens is 266 g/mol. The van der Waals surface area contributed by atoms with Crippen LogP contribution in [-0.4, -0.2) is 40.2 Å². The largest absolute Gasteiger partial charge is 0.385 e. The third-order valence-electron chi connectivity index (χ3n) is 2.47. The smallest absolute Gasteiger partial charge is 0.244 e. The number of sulfonamides is 1. The molecule has 1 rings (SSSR count). The van der Waals surface area contributed by atoms with Gasteiger partial charge in [0.2, 0.25) is 10.0 Å². The first-order valence-corrected chi connectivity index (χ1v) is 7.77. The van der Waals surface area contributed by atoms with Crippen LogP contribution in [0.5, 0.6) is 0 Å². The van der Waals surface area contributed by atoms with Gasteiger partial charge in [0, 0.05) is 33.0 Å². The summed E-state index contributed by atoms with van der Waals surface area (Å²) in [5.41, 5.74) is 0. The fourth-order valence-electron chi connectivity index (χ4n) is 1.56. The second-order valence-corrected chi connectivity index (χ2v) is 5.71. The summed E-state index contributed by atoms with van der Waals surface area (Å²) in [4.78, 5) is 4.23. The van der Waals surface area contributed by atoms with Crippen LogP contribution in [-0.2, 0) is 14.8 Å². The highest BCUT2D eigenvalue weighted by Gasteiger charge is 2.18. The summed E-state index contributed by atoms with van der Waals surface area (Å²) in [6, 6.07) is 3.16. The van der Waals surface area contributed by atoms with Crippen LogP contribution in [0.1, 0.15) is 19.8 Å². The van der Waals surface area contributed by atoms with Crippen molar-refractivity contribution < 1.29 is 13.2 Å². The Bertz CT molecular complexity index is 477. The number of pyridine rings is 1. The summed E-state index contributed by atoms with van der Waals surface area (Å²) in [6.45, 7) is 3.54. The molecule has 108 valence electrons. The quantitative estimate of drug-likeness (QED) is 0.667. The second-order valence-electron chi connectivity index (χ2n) is 3.98. The lowest BCUT2D eigenvalue weighted by molar-refractivity contribution is 0.193. The van der Waals surface area contributed by atoms with Crippen molar-refractivity contribution >= 4 is 15.8 Å². The monoisotopic (exact) mass is 287 g/mol. The molecule has 0 saturated heterocycles. The Hall–Kier alpha value is -1.18. The van der Waals surface area contributed by atoms with Crippen molar-refractivity contribution in [2.75, 3.05) is 32.1 Å². The number of aromatic nitrogens is 1. The minimum absolute atomic E-state index is 0.184. The summed E-state index contributed by atoms with van der Waals surface area (Å²) in [6.07, 6.45) is 3.13. The van der Waals surface area contributed by atoms with E-state index in [4.69, 9.17) is 4.74 Å². The molecule has 1 heterocycles. The van der Waals surface area contributed by atoms with Crippen molar-refractivity contribution in [1.82, 2.24) is 9.71 Å². The highest BCUT2D eigenvalue weighted by molar-refractivity contribution is 7.89. The van der Waals surface area contributed by atoms with E-state index in [1.165, 1.54) is 0 Å². The number of nitrogens with one attached hydrogen (secondary N) is 2. The van der Waals surface area contributed by atoms with Gasteiger partial charge < -0.3 is 10.1 Å². The second kappa shape index (κ2) is 8.08. The molecule has 19 heavy (non-hydrogen) atoms. The van der Waals surface area contributed by atoms with Crippen LogP contribution in [0, 0.1) is 0 Å². The number of ether oxygens (including phenoxy) is 1. The third-order valence-corrected chi connectivity index (χ3v) is 3.96. The van der Waals surface area contributed by atoms with Gasteiger partial charge >= 0.3 is 0 Å². The molecule has 0 radical (unpaired) electrons. The van der Waals surface area contributed by atoms with E-state index in [-0.39, 0.29) is 4.90 Å². The van der Waals surface area contributed by atoms with Crippen molar-refractivity contribution in [2.45, 2.75) is 24.7 Å². The summed E-state index contributed by atoms with van der Waals surface area (Å²) in [5, 5.41) is 2.94. The normalized spacial score (nSPS) is 11.5. The van der Waals surface area contributed by atoms with Gasteiger partial charge in [-0.2, -0.15) is 0 Å². The molecular formula is C12H21N3O3S. The molecule has 0 fully saturated rings. The van der Waals surface area contributed by atoms with Crippen LogP contribution in [0.25, 0.3) is 0 Å². The van der Waals surface area contributed by atoms with E-state index in [1.54, 1.807) is 25.4 Å². The fraction of sp³-hybridized carbons (Fsp3) is 0.583. The van der Waals surface area contributed by atoms with Gasteiger partial charge in [-0.05, 0) is 31.9 Å². The first-order chi connectivity index (χ1) is 9.11. The number of anilines is 1. The molecule has 2 N–H and O–H groups in total. The molecule has 0 unspecified atom stereocenters. The minimum atomic E-state index is -3.52. The van der Waals surface area contributed by atoms with E-state index in [0.717, 1.165) is 12.8 Å². The van der Waals surface area contributed by atoms with Gasteiger partial charge in [-0.1, -0.05) is 0 Å². The Morgan fingerprint density at radius 2 is 2.16 bits per heavy atom. The Morgan fingerprint density at radius 3 is 2.84 bits per heavy atom. The SMILES string of the molecule is CCNc1ncccc1S(=O)(=O)NCCCCOC. The summed E-state index contributed by atoms with van der Waals surface area (Å²) in [5.74, 6) is 0.384. The van der Waals surface area contributed by atoms with Crippen LogP contribution in [0.4, 0.5) is 5.82 Å². The molecule has 0 bridgehead atoms. The van der Waals surface area contributed by atoms with Gasteiger partial charge in [0.05, 0.1) is 0 Å². The number of hydrogen-bond acceptors (Lipinski definition) is 5. The van der Waals surface area contributed by atoms with Crippen LogP contribution in [0.15, 0.2) is 23.2 Å². The lowest BCUT2D eigenvalue weighted by Crippen LogP contribution is -2.26. The van der Waals surface area contributed by atoms with Gasteiger partial charge in [-0.15, -0.1) is 0 Å². The molecule has 0 aliphatic rings. The molecule has 1 aromatic rings. The fourth-order valence-corrected chi connectivity index (χ4v) is 2.77. The molecule has 0 saturated carbocycles. The lowest BCUT2D eigenvalue weighted by atomic mass is 10.3. The number of rotatable bonds is 9. The van der Waals surface area contributed by atoms with Crippen LogP contribution in [0.2, 0.25) is 0 Å². The van der Waals surface area contributed by atoms with Crippen LogP contribution in [0.3, 0.4) is 0 Å². The van der Waals surface area contributed by atoms with Gasteiger partial charge in [0.25, 0.3) is 0 Å². The maximum Gasteiger partial charge on any atom is 0.244 e. The molecule has 0 aliphatic carbocycles. The minimum Gasteiger partial charge on any atom is -0.385 e. The van der Waals surface area contributed by atoms with E-state index in [9.17, 15) is 8.42 Å². The van der Waals surface area contributed by atoms with Crippen molar-refractivity contribution in [2.24, 2.45) is 0 Å². The zero-order chi connectivity index (χ0) is 14.1. The first-order valence-electron chi connectivity index (χ1n) is 6.29. The van der Waals surface area contributed by atoms with E-state index in [2.05, 4.69) is 15.0 Å². The van der Waals surface area contributed by atoms with Crippen molar-refractivity contribution in [1.29, 1.82) is 0 Å². The highest BCUT2D eigenvalue weighted by atomic mass is 32.2. The highest BCUT2D eigenvalue weighted by Crippen LogP contribution is 2.17. The van der Waals surface area contributed by atoms with E-state index < -0.39 is 10.0 Å². The zero-order valence-electron chi connectivity index (χ0n) is 11.3. The van der Waals surface area contributed by atoms with Crippen LogP contribution >= 0.6 is 0 Å². The van der Waals surface area contributed by atoms with Crippen molar-refractivity contribution in [3.05, 3.63) is 18.3 Å². The molecule has 7 heteroatoms. The molecule has 1 aromatic heterocycles. The molecule has 0 spiro atoms. The Morgan fingerprint density at radius 1 is 1.37 bits per heavy atom. The summed E-state index contributed by atoms with van der Waals surface area (Å²) < 4.78 is 31.8. The average Bonchev–Trinajstić information content (AvgIpc) is 2.39. The molecule has 0 aliphatic heterocycles. The Kier molecular flexibility index (Phi) is 6.75.